The van der Waals surface area contributed by atoms with Crippen LogP contribution in [0.2, 0.25) is 0 Å². The molecule has 2 aromatic heterocycles. The predicted octanol–water partition coefficient (Wildman–Crippen LogP) is 0.733. The third-order valence-electron chi connectivity index (χ3n) is 1.81. The maximum absolute atomic E-state index is 10.4. The van der Waals surface area contributed by atoms with Crippen LogP contribution in [0.5, 0.6) is 0 Å². The van der Waals surface area contributed by atoms with Gasteiger partial charge in [-0.1, -0.05) is 11.3 Å². The highest BCUT2D eigenvalue weighted by Gasteiger charge is 2.10. The average molecular weight is 240 g/mol. The van der Waals surface area contributed by atoms with E-state index in [9.17, 15) is 10.1 Å². The monoisotopic (exact) mass is 240 g/mol. The van der Waals surface area contributed by atoms with Crippen molar-refractivity contribution in [3.63, 3.8) is 0 Å². The number of anilines is 1. The molecule has 0 saturated heterocycles. The summed E-state index contributed by atoms with van der Waals surface area (Å²) in [6, 6.07) is 0. The first-order valence-electron chi connectivity index (χ1n) is 4.36. The van der Waals surface area contributed by atoms with Crippen molar-refractivity contribution in [2.45, 2.75) is 6.54 Å². The van der Waals surface area contributed by atoms with Crippen LogP contribution in [0.4, 0.5) is 10.8 Å². The Balaban J connectivity index is 2.11. The van der Waals surface area contributed by atoms with Gasteiger partial charge in [0.2, 0.25) is 5.13 Å². The van der Waals surface area contributed by atoms with E-state index in [1.54, 1.807) is 7.05 Å². The van der Waals surface area contributed by atoms with E-state index in [1.165, 1.54) is 28.4 Å². The predicted molar refractivity (Wildman–Crippen MR) is 57.4 cm³/mol. The summed E-state index contributed by atoms with van der Waals surface area (Å²) in [6.45, 7) is 0.382. The van der Waals surface area contributed by atoms with Crippen molar-refractivity contribution >= 4 is 22.2 Å². The molecular weight excluding hydrogens is 232 g/mol. The molecule has 9 heteroatoms. The van der Waals surface area contributed by atoms with Crippen molar-refractivity contribution in [2.24, 2.45) is 0 Å². The van der Waals surface area contributed by atoms with Crippen LogP contribution in [-0.2, 0) is 6.54 Å². The molecule has 0 saturated carbocycles. The second kappa shape index (κ2) is 4.23. The molecule has 0 bridgehead atoms. The largest absolute Gasteiger partial charge is 0.363 e. The molecule has 2 heterocycles. The van der Waals surface area contributed by atoms with E-state index >= 15 is 0 Å². The zero-order chi connectivity index (χ0) is 11.5. The second-order valence-electron chi connectivity index (χ2n) is 2.90. The Morgan fingerprint density at radius 2 is 2.44 bits per heavy atom. The number of rotatable bonds is 4. The zero-order valence-electron chi connectivity index (χ0n) is 8.32. The van der Waals surface area contributed by atoms with Crippen molar-refractivity contribution in [1.82, 2.24) is 20.0 Å². The minimum Gasteiger partial charge on any atom is -0.363 e. The van der Waals surface area contributed by atoms with Crippen LogP contribution < -0.4 is 5.32 Å². The lowest BCUT2D eigenvalue weighted by atomic mass is 10.6. The fourth-order valence-electron chi connectivity index (χ4n) is 1.09. The summed E-state index contributed by atoms with van der Waals surface area (Å²) in [5.41, 5.74) is -0.0293. The van der Waals surface area contributed by atoms with E-state index in [-0.39, 0.29) is 5.69 Å². The van der Waals surface area contributed by atoms with E-state index in [0.717, 1.165) is 5.01 Å². The fraction of sp³-hybridized carbons (Fsp3) is 0.286. The molecule has 0 unspecified atom stereocenters. The third kappa shape index (κ3) is 2.14. The topological polar surface area (TPSA) is 98.8 Å². The second-order valence-corrected chi connectivity index (χ2v) is 3.97. The lowest BCUT2D eigenvalue weighted by Gasteiger charge is -1.93. The van der Waals surface area contributed by atoms with Crippen molar-refractivity contribution in [2.75, 3.05) is 12.4 Å². The molecule has 0 aliphatic heterocycles. The SMILES string of the molecule is CNc1nnc(Cn2cc([N+](=O)[O-])cn2)s1. The Labute approximate surface area is 94.1 Å². The number of nitrogens with one attached hydrogen (secondary N) is 1. The number of nitro groups is 1. The van der Waals surface area contributed by atoms with Crippen LogP contribution in [0.1, 0.15) is 5.01 Å². The van der Waals surface area contributed by atoms with Crippen molar-refractivity contribution in [3.8, 4) is 0 Å². The number of aromatic nitrogens is 4. The lowest BCUT2D eigenvalue weighted by molar-refractivity contribution is -0.385. The van der Waals surface area contributed by atoms with E-state index < -0.39 is 4.92 Å². The van der Waals surface area contributed by atoms with E-state index in [2.05, 4.69) is 20.6 Å². The summed E-state index contributed by atoms with van der Waals surface area (Å²) in [6.07, 6.45) is 2.57. The van der Waals surface area contributed by atoms with Gasteiger partial charge in [0.15, 0.2) is 0 Å². The van der Waals surface area contributed by atoms with Gasteiger partial charge in [0, 0.05) is 7.05 Å². The summed E-state index contributed by atoms with van der Waals surface area (Å²) in [4.78, 5) is 9.95. The first-order valence-corrected chi connectivity index (χ1v) is 5.17. The standard InChI is InChI=1S/C7H8N6O2S/c1-8-7-11-10-6(16-7)4-12-3-5(2-9-12)13(14)15/h2-3H,4H2,1H3,(H,8,11). The van der Waals surface area contributed by atoms with Crippen molar-refractivity contribution in [1.29, 1.82) is 0 Å². The van der Waals surface area contributed by atoms with E-state index in [0.29, 0.717) is 11.7 Å². The molecule has 8 nitrogen and oxygen atoms in total. The molecule has 84 valence electrons. The number of nitrogens with zero attached hydrogens (tertiary/aromatic N) is 5. The highest BCUT2D eigenvalue weighted by molar-refractivity contribution is 7.15. The van der Waals surface area contributed by atoms with Crippen molar-refractivity contribution in [3.05, 3.63) is 27.5 Å². The Kier molecular flexibility index (Phi) is 2.77. The van der Waals surface area contributed by atoms with Gasteiger partial charge in [0.25, 0.3) is 0 Å². The molecule has 0 spiro atoms. The molecule has 0 aliphatic rings. The quantitative estimate of drug-likeness (QED) is 0.624. The normalized spacial score (nSPS) is 10.3. The summed E-state index contributed by atoms with van der Waals surface area (Å²) >= 11 is 1.38. The molecule has 0 radical (unpaired) electrons. The zero-order valence-corrected chi connectivity index (χ0v) is 9.14. The van der Waals surface area contributed by atoms with Crippen LogP contribution >= 0.6 is 11.3 Å². The molecule has 0 amide bonds. The van der Waals surface area contributed by atoms with Gasteiger partial charge >= 0.3 is 5.69 Å². The van der Waals surface area contributed by atoms with Crippen LogP contribution in [0.15, 0.2) is 12.4 Å². The molecular formula is C7H8N6O2S. The van der Waals surface area contributed by atoms with Gasteiger partial charge in [-0.25, -0.2) is 0 Å². The number of hydrogen-bond donors (Lipinski definition) is 1. The number of hydrogen-bond acceptors (Lipinski definition) is 7. The summed E-state index contributed by atoms with van der Waals surface area (Å²) in [7, 11) is 1.75. The molecule has 0 atom stereocenters. The summed E-state index contributed by atoms with van der Waals surface area (Å²) in [5.74, 6) is 0. The Morgan fingerprint density at radius 3 is 3.00 bits per heavy atom. The minimum atomic E-state index is -0.484. The van der Waals surface area contributed by atoms with E-state index in [1.807, 2.05) is 0 Å². The molecule has 2 rings (SSSR count). The van der Waals surface area contributed by atoms with E-state index in [4.69, 9.17) is 0 Å². The maximum Gasteiger partial charge on any atom is 0.307 e. The third-order valence-corrected chi connectivity index (χ3v) is 2.73. The summed E-state index contributed by atoms with van der Waals surface area (Å²) in [5, 5.41) is 26.4. The lowest BCUT2D eigenvalue weighted by Crippen LogP contribution is -1.99. The molecule has 0 fully saturated rings. The minimum absolute atomic E-state index is 0.0293. The Morgan fingerprint density at radius 1 is 1.62 bits per heavy atom. The fourth-order valence-corrected chi connectivity index (χ4v) is 1.78. The Hall–Kier alpha value is -2.03. The molecule has 0 aliphatic carbocycles. The highest BCUT2D eigenvalue weighted by atomic mass is 32.1. The van der Waals surface area contributed by atoms with Crippen LogP contribution in [0.25, 0.3) is 0 Å². The molecule has 2 aromatic rings. The van der Waals surface area contributed by atoms with Gasteiger partial charge in [0.05, 0.1) is 11.5 Å². The van der Waals surface area contributed by atoms with Gasteiger partial charge < -0.3 is 5.32 Å². The highest BCUT2D eigenvalue weighted by Crippen LogP contribution is 2.16. The maximum atomic E-state index is 10.4. The van der Waals surface area contributed by atoms with Crippen LogP contribution in [-0.4, -0.2) is 31.9 Å². The van der Waals surface area contributed by atoms with Crippen molar-refractivity contribution < 1.29 is 4.92 Å². The smallest absolute Gasteiger partial charge is 0.307 e. The van der Waals surface area contributed by atoms with Gasteiger partial charge in [-0.2, -0.15) is 5.10 Å². The van der Waals surface area contributed by atoms with Gasteiger partial charge in [-0.3, -0.25) is 14.8 Å². The first-order chi connectivity index (χ1) is 7.69. The van der Waals surface area contributed by atoms with Gasteiger partial charge in [0.1, 0.15) is 17.4 Å². The average Bonchev–Trinajstić information content (AvgIpc) is 2.87. The van der Waals surface area contributed by atoms with Gasteiger partial charge in [-0.15, -0.1) is 10.2 Å². The Bertz CT molecular complexity index is 506. The molecule has 16 heavy (non-hydrogen) atoms. The molecule has 0 aromatic carbocycles. The molecule has 1 N–H and O–H groups in total. The summed E-state index contributed by atoms with van der Waals surface area (Å²) < 4.78 is 1.46. The van der Waals surface area contributed by atoms with Crippen LogP contribution in [0, 0.1) is 10.1 Å². The first kappa shape index (κ1) is 10.5. The van der Waals surface area contributed by atoms with Gasteiger partial charge in [-0.05, 0) is 0 Å². The van der Waals surface area contributed by atoms with Crippen LogP contribution in [0.3, 0.4) is 0 Å².